The Hall–Kier alpha value is 0.790. The molecule has 0 unspecified atom stereocenters. The Bertz CT molecular complexity index is 148. The van der Waals surface area contributed by atoms with E-state index in [0.717, 1.165) is 10.7 Å². The number of alkyl halides is 1. The van der Waals surface area contributed by atoms with Gasteiger partial charge in [0.15, 0.2) is 0 Å². The zero-order chi connectivity index (χ0) is 10.4. The Kier molecular flexibility index (Phi) is 6.55. The van der Waals surface area contributed by atoms with E-state index in [0.29, 0.717) is 0 Å². The van der Waals surface area contributed by atoms with Crippen LogP contribution in [0.2, 0.25) is 0 Å². The molecule has 1 aliphatic carbocycles. The van der Waals surface area contributed by atoms with Crippen LogP contribution in [0.3, 0.4) is 0 Å². The van der Waals surface area contributed by atoms with Crippen molar-refractivity contribution in [3.8, 4) is 0 Å². The lowest BCUT2D eigenvalue weighted by Crippen LogP contribution is -2.35. The molecule has 1 rings (SSSR count). The molecule has 0 aromatic carbocycles. The van der Waals surface area contributed by atoms with Gasteiger partial charge in [-0.25, -0.2) is 0 Å². The molecular weight excluding hydrogens is 258 g/mol. The fourth-order valence-electron chi connectivity index (χ4n) is 1.92. The van der Waals surface area contributed by atoms with E-state index in [9.17, 15) is 0 Å². The number of halogens is 1. The predicted molar refractivity (Wildman–Crippen MR) is 70.6 cm³/mol. The average Bonchev–Trinajstić information content (AvgIpc) is 2.10. The summed E-state index contributed by atoms with van der Waals surface area (Å²) in [6, 6.07) is 0. The molecule has 1 nitrogen and oxygen atoms in total. The van der Waals surface area contributed by atoms with Crippen LogP contribution in [-0.4, -0.2) is 41.4 Å². The van der Waals surface area contributed by atoms with Crippen LogP contribution in [0.15, 0.2) is 0 Å². The lowest BCUT2D eigenvalue weighted by molar-refractivity contribution is 0.214. The van der Waals surface area contributed by atoms with Gasteiger partial charge >= 0.3 is 0 Å². The molecule has 0 bridgehead atoms. The maximum Gasteiger partial charge on any atom is 0.0152 e. The number of thioether (sulfide) groups is 1. The van der Waals surface area contributed by atoms with Gasteiger partial charge in [0.25, 0.3) is 0 Å². The summed E-state index contributed by atoms with van der Waals surface area (Å²) in [5, 5.41) is 0. The quantitative estimate of drug-likeness (QED) is 0.520. The van der Waals surface area contributed by atoms with Crippen molar-refractivity contribution < 1.29 is 0 Å². The van der Waals surface area contributed by atoms with E-state index in [2.05, 4.69) is 46.6 Å². The van der Waals surface area contributed by atoms with Gasteiger partial charge < -0.3 is 4.90 Å². The van der Waals surface area contributed by atoms with Crippen LogP contribution in [0.1, 0.15) is 26.2 Å². The molecule has 3 heteroatoms. The second-order valence-corrected chi connectivity index (χ2v) is 6.94. The van der Waals surface area contributed by atoms with Gasteiger partial charge in [0.2, 0.25) is 0 Å². The topological polar surface area (TPSA) is 3.24 Å². The summed E-state index contributed by atoms with van der Waals surface area (Å²) in [4.78, 5) is 3.32. The summed E-state index contributed by atoms with van der Waals surface area (Å²) < 4.78 is 0. The van der Waals surface area contributed by atoms with Gasteiger partial charge in [-0.2, -0.15) is 11.8 Å². The average molecular weight is 280 g/mol. The molecule has 0 aromatic heterocycles. The van der Waals surface area contributed by atoms with Gasteiger partial charge in [-0.05, 0) is 50.3 Å². The van der Waals surface area contributed by atoms with E-state index in [1.165, 1.54) is 43.9 Å². The van der Waals surface area contributed by atoms with Crippen LogP contribution in [0.4, 0.5) is 0 Å². The zero-order valence-corrected chi connectivity index (χ0v) is 11.7. The molecule has 1 saturated carbocycles. The third kappa shape index (κ3) is 5.04. The zero-order valence-electron chi connectivity index (χ0n) is 9.34. The summed E-state index contributed by atoms with van der Waals surface area (Å²) in [6.45, 7) is 4.81. The van der Waals surface area contributed by atoms with Gasteiger partial charge in [0.05, 0.1) is 0 Å². The molecule has 1 fully saturated rings. The van der Waals surface area contributed by atoms with E-state index in [1.807, 2.05) is 0 Å². The van der Waals surface area contributed by atoms with Gasteiger partial charge in [0, 0.05) is 11.4 Å². The summed E-state index contributed by atoms with van der Waals surface area (Å²) in [5.41, 5.74) is 0. The Morgan fingerprint density at radius 3 is 2.71 bits per heavy atom. The molecule has 84 valence electrons. The van der Waals surface area contributed by atoms with E-state index in [1.54, 1.807) is 0 Å². The first-order chi connectivity index (χ1) is 6.72. The van der Waals surface area contributed by atoms with E-state index < -0.39 is 0 Å². The molecule has 0 radical (unpaired) electrons. The van der Waals surface area contributed by atoms with E-state index in [-0.39, 0.29) is 0 Å². The van der Waals surface area contributed by atoms with Crippen molar-refractivity contribution >= 4 is 27.7 Å². The Balaban J connectivity index is 1.91. The van der Waals surface area contributed by atoms with E-state index in [4.69, 9.17) is 0 Å². The molecule has 0 amide bonds. The minimum Gasteiger partial charge on any atom is -0.306 e. The molecule has 0 aromatic rings. The highest BCUT2D eigenvalue weighted by Gasteiger charge is 2.27. The van der Waals surface area contributed by atoms with Gasteiger partial charge in [-0.1, -0.05) is 22.9 Å². The van der Waals surface area contributed by atoms with E-state index >= 15 is 0 Å². The molecule has 0 aliphatic heterocycles. The first-order valence-corrected chi connectivity index (χ1v) is 7.69. The predicted octanol–water partition coefficient (Wildman–Crippen LogP) is 3.23. The highest BCUT2D eigenvalue weighted by molar-refractivity contribution is 9.09. The first kappa shape index (κ1) is 12.9. The molecule has 14 heavy (non-hydrogen) atoms. The third-order valence-corrected chi connectivity index (χ3v) is 4.51. The molecule has 0 heterocycles. The molecule has 0 N–H and O–H groups in total. The van der Waals surface area contributed by atoms with Crippen molar-refractivity contribution in [2.24, 2.45) is 5.92 Å². The first-order valence-electron chi connectivity index (χ1n) is 5.62. The Morgan fingerprint density at radius 2 is 2.14 bits per heavy atom. The number of hydrogen-bond acceptors (Lipinski definition) is 2. The summed E-state index contributed by atoms with van der Waals surface area (Å²) in [5.74, 6) is 3.55. The van der Waals surface area contributed by atoms with Gasteiger partial charge in [-0.15, -0.1) is 0 Å². The smallest absolute Gasteiger partial charge is 0.0152 e. The standard InChI is InChI=1S/C11H22BrNS/c1-3-14-6-4-5-13(2)9-10-7-11(12)8-10/h10-11H,3-9H2,1-2H3. The number of hydrogen-bond donors (Lipinski definition) is 0. The van der Waals surface area contributed by atoms with Crippen LogP contribution >= 0.6 is 27.7 Å². The van der Waals surface area contributed by atoms with Gasteiger partial charge in [-0.3, -0.25) is 0 Å². The molecule has 0 spiro atoms. The largest absolute Gasteiger partial charge is 0.306 e. The fraction of sp³-hybridized carbons (Fsp3) is 1.00. The lowest BCUT2D eigenvalue weighted by atomic mass is 9.85. The van der Waals surface area contributed by atoms with Crippen molar-refractivity contribution in [1.82, 2.24) is 4.90 Å². The van der Waals surface area contributed by atoms with Crippen LogP contribution in [0.5, 0.6) is 0 Å². The highest BCUT2D eigenvalue weighted by Crippen LogP contribution is 2.33. The Morgan fingerprint density at radius 1 is 1.43 bits per heavy atom. The van der Waals surface area contributed by atoms with Crippen LogP contribution in [0, 0.1) is 5.92 Å². The van der Waals surface area contributed by atoms with Crippen LogP contribution in [-0.2, 0) is 0 Å². The SMILES string of the molecule is CCSCCCN(C)CC1CC(Br)C1. The van der Waals surface area contributed by atoms with Crippen molar-refractivity contribution in [1.29, 1.82) is 0 Å². The molecule has 0 saturated heterocycles. The van der Waals surface area contributed by atoms with Crippen molar-refractivity contribution in [2.45, 2.75) is 31.0 Å². The minimum absolute atomic E-state index is 0.816. The highest BCUT2D eigenvalue weighted by atomic mass is 79.9. The monoisotopic (exact) mass is 279 g/mol. The summed E-state index contributed by atoms with van der Waals surface area (Å²) in [6.07, 6.45) is 4.11. The molecule has 0 atom stereocenters. The fourth-order valence-corrected chi connectivity index (χ4v) is 3.60. The molecule has 1 aliphatic rings. The second kappa shape index (κ2) is 7.13. The van der Waals surface area contributed by atoms with Crippen molar-refractivity contribution in [3.05, 3.63) is 0 Å². The normalized spacial score (nSPS) is 26.6. The number of rotatable bonds is 7. The lowest BCUT2D eigenvalue weighted by Gasteiger charge is -2.34. The minimum atomic E-state index is 0.816. The van der Waals surface area contributed by atoms with Gasteiger partial charge in [0.1, 0.15) is 0 Å². The summed E-state index contributed by atoms with van der Waals surface area (Å²) >= 11 is 5.70. The Labute approximate surface area is 101 Å². The van der Waals surface area contributed by atoms with Crippen LogP contribution < -0.4 is 0 Å². The van der Waals surface area contributed by atoms with Crippen molar-refractivity contribution in [2.75, 3.05) is 31.6 Å². The van der Waals surface area contributed by atoms with Crippen molar-refractivity contribution in [3.63, 3.8) is 0 Å². The number of nitrogens with zero attached hydrogens (tertiary/aromatic N) is 1. The summed E-state index contributed by atoms with van der Waals surface area (Å²) in [7, 11) is 2.26. The second-order valence-electron chi connectivity index (χ2n) is 4.25. The maximum atomic E-state index is 3.64. The third-order valence-electron chi connectivity index (χ3n) is 2.78. The molecular formula is C11H22BrNS. The van der Waals surface area contributed by atoms with Crippen LogP contribution in [0.25, 0.3) is 0 Å². The maximum absolute atomic E-state index is 3.64.